The van der Waals surface area contributed by atoms with Gasteiger partial charge in [-0.05, 0) is 32.5 Å². The average molecular weight is 319 g/mol. The zero-order chi connectivity index (χ0) is 14.9. The number of rotatable bonds is 4. The lowest BCUT2D eigenvalue weighted by atomic mass is 9.97. The Morgan fingerprint density at radius 2 is 1.15 bits per heavy atom. The molecule has 0 atom stereocenters. The Bertz CT molecular complexity index is 242. The largest absolute Gasteiger partial charge is 0.389 e. The molecule has 0 aliphatic heterocycles. The summed E-state index contributed by atoms with van der Waals surface area (Å²) in [7, 11) is -1.03. The molecule has 5 heteroatoms. The van der Waals surface area contributed by atoms with Gasteiger partial charge in [0.05, 0.1) is 0 Å². The Kier molecular flexibility index (Phi) is 8.59. The van der Waals surface area contributed by atoms with E-state index in [0.29, 0.717) is 10.5 Å². The molecule has 0 saturated heterocycles. The van der Waals surface area contributed by atoms with Crippen molar-refractivity contribution in [1.82, 2.24) is 0 Å². The molecule has 0 aromatic heterocycles. The van der Waals surface area contributed by atoms with E-state index >= 15 is 0 Å². The quantitative estimate of drug-likeness (QED) is 0.338. The van der Waals surface area contributed by atoms with E-state index in [2.05, 4.69) is 19.6 Å². The average Bonchev–Trinajstić information content (AvgIpc) is 2.32. The fourth-order valence-corrected chi connectivity index (χ4v) is 4.72. The first-order valence-corrected chi connectivity index (χ1v) is 12.6. The van der Waals surface area contributed by atoms with Gasteiger partial charge in [0.25, 0.3) is 0 Å². The smallest absolute Gasteiger partial charge is 0.193 e. The molecule has 0 aromatic carbocycles. The summed E-state index contributed by atoms with van der Waals surface area (Å²) in [6.07, 6.45) is 13.8. The molecule has 1 rings (SSSR count). The van der Waals surface area contributed by atoms with Gasteiger partial charge in [-0.2, -0.15) is 0 Å². The Morgan fingerprint density at radius 1 is 0.750 bits per heavy atom. The van der Waals surface area contributed by atoms with E-state index in [1.807, 2.05) is 0 Å². The molecule has 0 radical (unpaired) electrons. The van der Waals surface area contributed by atoms with Gasteiger partial charge >= 0.3 is 0 Å². The Morgan fingerprint density at radius 3 is 1.50 bits per heavy atom. The summed E-state index contributed by atoms with van der Waals surface area (Å²) in [6, 6.07) is 0. The van der Waals surface area contributed by atoms with Gasteiger partial charge in [0, 0.05) is 12.8 Å². The van der Waals surface area contributed by atoms with Crippen LogP contribution in [0.5, 0.6) is 0 Å². The molecule has 0 amide bonds. The third-order valence-electron chi connectivity index (χ3n) is 3.84. The minimum atomic E-state index is -1.63. The van der Waals surface area contributed by atoms with Gasteiger partial charge in [0.1, 0.15) is 0 Å². The molecule has 0 aromatic rings. The topological polar surface area (TPSA) is 27.7 Å². The molecule has 1 saturated carbocycles. The Labute approximate surface area is 129 Å². The molecule has 0 bridgehead atoms. The standard InChI is InChI=1S/C15H34O3Si2/c1-20(2,3)17-15(16-18-19)13-11-9-7-5-4-6-8-10-12-14-15/h4-14H2,1-3,19H3. The summed E-state index contributed by atoms with van der Waals surface area (Å²) in [5, 5.41) is 0. The van der Waals surface area contributed by atoms with Crippen LogP contribution >= 0.6 is 0 Å². The van der Waals surface area contributed by atoms with Crippen LogP contribution in [0.3, 0.4) is 0 Å². The second-order valence-electron chi connectivity index (χ2n) is 7.06. The lowest BCUT2D eigenvalue weighted by Gasteiger charge is -2.38. The van der Waals surface area contributed by atoms with Crippen LogP contribution < -0.4 is 0 Å². The maximum Gasteiger partial charge on any atom is 0.193 e. The summed E-state index contributed by atoms with van der Waals surface area (Å²) >= 11 is 0. The Hall–Kier alpha value is 0.314. The van der Waals surface area contributed by atoms with Crippen LogP contribution in [0.25, 0.3) is 0 Å². The van der Waals surface area contributed by atoms with Gasteiger partial charge in [-0.1, -0.05) is 44.9 Å². The minimum Gasteiger partial charge on any atom is -0.389 e. The van der Waals surface area contributed by atoms with Crippen molar-refractivity contribution in [2.24, 2.45) is 0 Å². The predicted octanol–water partition coefficient (Wildman–Crippen LogP) is 4.07. The Balaban J connectivity index is 2.66. The minimum absolute atomic E-state index is 0.467. The molecule has 0 spiro atoms. The zero-order valence-electron chi connectivity index (χ0n) is 14.0. The van der Waals surface area contributed by atoms with E-state index in [0.717, 1.165) is 12.8 Å². The summed E-state index contributed by atoms with van der Waals surface area (Å²) in [6.45, 7) is 6.71. The third-order valence-corrected chi connectivity index (χ3v) is 4.99. The van der Waals surface area contributed by atoms with Crippen molar-refractivity contribution in [2.75, 3.05) is 0 Å². The highest BCUT2D eigenvalue weighted by Gasteiger charge is 2.37. The fraction of sp³-hybridized carbons (Fsp3) is 1.00. The van der Waals surface area contributed by atoms with Gasteiger partial charge in [-0.25, -0.2) is 4.89 Å². The SMILES string of the molecule is C[Si](C)(C)OC1(OO[SiH3])CCCCCCCCCCC1. The summed E-state index contributed by atoms with van der Waals surface area (Å²) < 4.78 is 11.6. The molecule has 0 unspecified atom stereocenters. The first-order chi connectivity index (χ1) is 9.47. The summed E-state index contributed by atoms with van der Waals surface area (Å²) in [5.74, 6) is -0.467. The van der Waals surface area contributed by atoms with Crippen LogP contribution in [0.1, 0.15) is 70.6 Å². The van der Waals surface area contributed by atoms with Gasteiger partial charge < -0.3 is 4.43 Å². The van der Waals surface area contributed by atoms with Gasteiger partial charge in [-0.3, -0.25) is 4.58 Å². The number of hydrogen-bond acceptors (Lipinski definition) is 3. The van der Waals surface area contributed by atoms with Crippen molar-refractivity contribution in [3.8, 4) is 0 Å². The van der Waals surface area contributed by atoms with Crippen LogP contribution in [-0.4, -0.2) is 24.6 Å². The molecular formula is C15H34O3Si2. The molecular weight excluding hydrogens is 284 g/mol. The molecule has 0 heterocycles. The lowest BCUT2D eigenvalue weighted by Crippen LogP contribution is -2.45. The van der Waals surface area contributed by atoms with E-state index in [1.54, 1.807) is 0 Å². The molecule has 120 valence electrons. The van der Waals surface area contributed by atoms with E-state index < -0.39 is 14.1 Å². The lowest BCUT2D eigenvalue weighted by molar-refractivity contribution is -0.364. The summed E-state index contributed by atoms with van der Waals surface area (Å²) in [5.41, 5.74) is 0. The molecule has 1 fully saturated rings. The normalized spacial score (nSPS) is 22.9. The highest BCUT2D eigenvalue weighted by molar-refractivity contribution is 6.69. The van der Waals surface area contributed by atoms with Crippen LogP contribution in [0.2, 0.25) is 19.6 Å². The van der Waals surface area contributed by atoms with Crippen molar-refractivity contribution in [1.29, 1.82) is 0 Å². The maximum absolute atomic E-state index is 6.42. The van der Waals surface area contributed by atoms with Gasteiger partial charge in [0.2, 0.25) is 0 Å². The highest BCUT2D eigenvalue weighted by Crippen LogP contribution is 2.32. The second-order valence-corrected chi connectivity index (χ2v) is 11.8. The van der Waals surface area contributed by atoms with Crippen molar-refractivity contribution >= 4 is 18.8 Å². The molecule has 1 aliphatic carbocycles. The van der Waals surface area contributed by atoms with Crippen LogP contribution in [-0.2, 0) is 13.9 Å². The summed E-state index contributed by atoms with van der Waals surface area (Å²) in [4.78, 5) is 5.72. The third kappa shape index (κ3) is 7.93. The first-order valence-electron chi connectivity index (χ1n) is 8.39. The van der Waals surface area contributed by atoms with Crippen LogP contribution in [0.4, 0.5) is 0 Å². The van der Waals surface area contributed by atoms with Crippen molar-refractivity contribution < 1.29 is 13.9 Å². The van der Waals surface area contributed by atoms with Crippen molar-refractivity contribution in [3.63, 3.8) is 0 Å². The van der Waals surface area contributed by atoms with Crippen molar-refractivity contribution in [2.45, 2.75) is 96.1 Å². The molecule has 20 heavy (non-hydrogen) atoms. The second kappa shape index (κ2) is 9.36. The molecule has 0 N–H and O–H groups in total. The van der Waals surface area contributed by atoms with Gasteiger partial charge in [0.15, 0.2) is 24.6 Å². The van der Waals surface area contributed by atoms with E-state index in [9.17, 15) is 0 Å². The molecule has 1 aliphatic rings. The number of hydrogen-bond donors (Lipinski definition) is 0. The predicted molar refractivity (Wildman–Crippen MR) is 90.1 cm³/mol. The highest BCUT2D eigenvalue weighted by atomic mass is 28.4. The van der Waals surface area contributed by atoms with Gasteiger partial charge in [-0.15, -0.1) is 0 Å². The zero-order valence-corrected chi connectivity index (χ0v) is 17.0. The first kappa shape index (κ1) is 18.4. The van der Waals surface area contributed by atoms with Crippen LogP contribution in [0, 0.1) is 0 Å². The molecule has 3 nitrogen and oxygen atoms in total. The van der Waals surface area contributed by atoms with Crippen molar-refractivity contribution in [3.05, 3.63) is 0 Å². The fourth-order valence-electron chi connectivity index (χ4n) is 3.06. The van der Waals surface area contributed by atoms with E-state index in [1.165, 1.54) is 57.8 Å². The van der Waals surface area contributed by atoms with E-state index in [-0.39, 0.29) is 0 Å². The van der Waals surface area contributed by atoms with E-state index in [4.69, 9.17) is 13.9 Å². The maximum atomic E-state index is 6.42. The monoisotopic (exact) mass is 318 g/mol. The van der Waals surface area contributed by atoms with Crippen LogP contribution in [0.15, 0.2) is 0 Å².